The van der Waals surface area contributed by atoms with Crippen molar-refractivity contribution in [1.82, 2.24) is 16.2 Å². The van der Waals surface area contributed by atoms with Crippen LogP contribution in [0.4, 0.5) is 0 Å². The van der Waals surface area contributed by atoms with Crippen LogP contribution in [0.15, 0.2) is 0 Å². The highest BCUT2D eigenvalue weighted by molar-refractivity contribution is 5.93. The number of hydrogen-bond acceptors (Lipinski definition) is 4. The summed E-state index contributed by atoms with van der Waals surface area (Å²) < 4.78 is 0. The van der Waals surface area contributed by atoms with Gasteiger partial charge in [0.25, 0.3) is 5.91 Å². The summed E-state index contributed by atoms with van der Waals surface area (Å²) in [6.45, 7) is 0.261. The zero-order chi connectivity index (χ0) is 8.97. The van der Waals surface area contributed by atoms with Gasteiger partial charge in [-0.25, -0.2) is 0 Å². The van der Waals surface area contributed by atoms with E-state index in [9.17, 15) is 9.59 Å². The Bertz CT molecular complexity index is 194. The fourth-order valence-electron chi connectivity index (χ4n) is 0.951. The quantitative estimate of drug-likeness (QED) is 0.379. The van der Waals surface area contributed by atoms with Gasteiger partial charge in [-0.15, -0.1) is 0 Å². The Morgan fingerprint density at radius 3 is 2.92 bits per heavy atom. The summed E-state index contributed by atoms with van der Waals surface area (Å²) in [5.41, 5.74) is 4.41. The minimum atomic E-state index is -0.522. The maximum Gasteiger partial charge on any atom is 0.256 e. The number of carbonyl (C=O) groups is 2. The summed E-state index contributed by atoms with van der Waals surface area (Å²) in [6.07, 6.45) is 0.117. The van der Waals surface area contributed by atoms with E-state index in [0.29, 0.717) is 6.54 Å². The minimum absolute atomic E-state index is 0.0502. The van der Waals surface area contributed by atoms with E-state index in [2.05, 4.69) is 16.2 Å². The maximum atomic E-state index is 11.0. The normalized spacial score (nSPS) is 23.2. The Kier molecular flexibility index (Phi) is 3.01. The number of aliphatic hydroxyl groups excluding tert-OH is 1. The first-order chi connectivity index (χ1) is 5.74. The first-order valence-electron chi connectivity index (χ1n) is 3.67. The molecule has 0 aliphatic carbocycles. The smallest absolute Gasteiger partial charge is 0.256 e. The maximum absolute atomic E-state index is 11.0. The predicted octanol–water partition coefficient (Wildman–Crippen LogP) is -2.51. The molecule has 0 bridgehead atoms. The van der Waals surface area contributed by atoms with Crippen LogP contribution in [0, 0.1) is 0 Å². The van der Waals surface area contributed by atoms with Gasteiger partial charge in [-0.05, 0) is 0 Å². The number of amides is 2. The molecule has 4 N–H and O–H groups in total. The molecule has 0 unspecified atom stereocenters. The van der Waals surface area contributed by atoms with E-state index in [4.69, 9.17) is 5.11 Å². The van der Waals surface area contributed by atoms with Crippen LogP contribution in [0.25, 0.3) is 0 Å². The van der Waals surface area contributed by atoms with E-state index >= 15 is 0 Å². The zero-order valence-electron chi connectivity index (χ0n) is 6.46. The van der Waals surface area contributed by atoms with E-state index in [-0.39, 0.29) is 24.8 Å². The van der Waals surface area contributed by atoms with Gasteiger partial charge in [0.15, 0.2) is 0 Å². The van der Waals surface area contributed by atoms with Crippen molar-refractivity contribution in [3.8, 4) is 0 Å². The van der Waals surface area contributed by atoms with E-state index in [1.54, 1.807) is 0 Å². The van der Waals surface area contributed by atoms with Crippen molar-refractivity contribution in [3.05, 3.63) is 0 Å². The van der Waals surface area contributed by atoms with Crippen LogP contribution in [-0.4, -0.2) is 36.1 Å². The molecule has 68 valence electrons. The van der Waals surface area contributed by atoms with Crippen molar-refractivity contribution in [1.29, 1.82) is 0 Å². The van der Waals surface area contributed by atoms with Gasteiger partial charge < -0.3 is 10.4 Å². The van der Waals surface area contributed by atoms with Crippen molar-refractivity contribution >= 4 is 11.8 Å². The summed E-state index contributed by atoms with van der Waals surface area (Å²) in [6, 6.07) is -0.522. The number of hydrogen-bond donors (Lipinski definition) is 4. The van der Waals surface area contributed by atoms with Gasteiger partial charge in [-0.1, -0.05) is 0 Å². The Morgan fingerprint density at radius 1 is 1.50 bits per heavy atom. The number of nitrogens with one attached hydrogen (secondary N) is 3. The molecule has 0 aromatic heterocycles. The molecule has 1 aliphatic rings. The number of rotatable bonds is 3. The van der Waals surface area contributed by atoms with Crippen LogP contribution in [-0.2, 0) is 9.59 Å². The van der Waals surface area contributed by atoms with E-state index in [0.717, 1.165) is 0 Å². The van der Waals surface area contributed by atoms with Crippen LogP contribution in [0.2, 0.25) is 0 Å². The number of aliphatic hydroxyl groups is 1. The van der Waals surface area contributed by atoms with E-state index in [1.807, 2.05) is 0 Å². The summed E-state index contributed by atoms with van der Waals surface area (Å²) >= 11 is 0. The summed E-state index contributed by atoms with van der Waals surface area (Å²) in [4.78, 5) is 21.7. The molecule has 0 aromatic rings. The second-order valence-corrected chi connectivity index (χ2v) is 2.47. The fourth-order valence-corrected chi connectivity index (χ4v) is 0.951. The Morgan fingerprint density at radius 2 is 2.25 bits per heavy atom. The standard InChI is InChI=1S/C6H11N3O3/c10-2-1-7-4-3-5(11)8-9-6(4)12/h4,7,10H,1-3H2,(H,8,11)(H,9,12)/t4-/m0/s1. The van der Waals surface area contributed by atoms with Gasteiger partial charge in [0.1, 0.15) is 0 Å². The molecule has 1 saturated heterocycles. The third kappa shape index (κ3) is 2.18. The largest absolute Gasteiger partial charge is 0.395 e. The molecule has 6 nitrogen and oxygen atoms in total. The average Bonchev–Trinajstić information content (AvgIpc) is 2.07. The average molecular weight is 173 g/mol. The fraction of sp³-hybridized carbons (Fsp3) is 0.667. The lowest BCUT2D eigenvalue weighted by Crippen LogP contribution is -2.58. The Labute approximate surface area is 69.3 Å². The van der Waals surface area contributed by atoms with Gasteiger partial charge in [0.05, 0.1) is 19.1 Å². The lowest BCUT2D eigenvalue weighted by Gasteiger charge is -2.22. The topological polar surface area (TPSA) is 90.5 Å². The van der Waals surface area contributed by atoms with Crippen LogP contribution >= 0.6 is 0 Å². The highest BCUT2D eigenvalue weighted by Crippen LogP contribution is 1.95. The van der Waals surface area contributed by atoms with Gasteiger partial charge in [-0.3, -0.25) is 20.4 Å². The van der Waals surface area contributed by atoms with Crippen LogP contribution < -0.4 is 16.2 Å². The highest BCUT2D eigenvalue weighted by Gasteiger charge is 2.25. The number of hydrazine groups is 1. The molecule has 0 spiro atoms. The molecular weight excluding hydrogens is 162 g/mol. The van der Waals surface area contributed by atoms with Crippen molar-refractivity contribution < 1.29 is 14.7 Å². The highest BCUT2D eigenvalue weighted by atomic mass is 16.3. The second kappa shape index (κ2) is 4.03. The second-order valence-electron chi connectivity index (χ2n) is 2.47. The van der Waals surface area contributed by atoms with Gasteiger partial charge in [0.2, 0.25) is 5.91 Å². The molecule has 0 radical (unpaired) electrons. The molecule has 1 atom stereocenters. The molecular formula is C6H11N3O3. The molecule has 0 saturated carbocycles. The molecule has 0 aromatic carbocycles. The van der Waals surface area contributed by atoms with E-state index < -0.39 is 6.04 Å². The predicted molar refractivity (Wildman–Crippen MR) is 39.8 cm³/mol. The zero-order valence-corrected chi connectivity index (χ0v) is 6.46. The van der Waals surface area contributed by atoms with Gasteiger partial charge in [0, 0.05) is 6.54 Å². The van der Waals surface area contributed by atoms with Crippen molar-refractivity contribution in [2.75, 3.05) is 13.2 Å². The molecule has 2 amide bonds. The van der Waals surface area contributed by atoms with Crippen LogP contribution in [0.1, 0.15) is 6.42 Å². The summed E-state index contributed by atoms with van der Waals surface area (Å²) in [5.74, 6) is -0.506. The summed E-state index contributed by atoms with van der Waals surface area (Å²) in [7, 11) is 0. The first-order valence-corrected chi connectivity index (χ1v) is 3.67. The van der Waals surface area contributed by atoms with Crippen LogP contribution in [0.5, 0.6) is 0 Å². The summed E-state index contributed by atoms with van der Waals surface area (Å²) in [5, 5.41) is 11.2. The van der Waals surface area contributed by atoms with Crippen molar-refractivity contribution in [2.24, 2.45) is 0 Å². The van der Waals surface area contributed by atoms with Crippen molar-refractivity contribution in [3.63, 3.8) is 0 Å². The van der Waals surface area contributed by atoms with Crippen molar-refractivity contribution in [2.45, 2.75) is 12.5 Å². The monoisotopic (exact) mass is 173 g/mol. The molecule has 1 aliphatic heterocycles. The van der Waals surface area contributed by atoms with Gasteiger partial charge >= 0.3 is 0 Å². The first kappa shape index (κ1) is 8.95. The molecule has 1 fully saturated rings. The van der Waals surface area contributed by atoms with Gasteiger partial charge in [-0.2, -0.15) is 0 Å². The lowest BCUT2D eigenvalue weighted by molar-refractivity contribution is -0.136. The Hall–Kier alpha value is -1.14. The SMILES string of the molecule is O=C1C[C@H](NCCO)C(=O)NN1. The lowest BCUT2D eigenvalue weighted by atomic mass is 10.1. The molecule has 6 heteroatoms. The Balaban J connectivity index is 2.38. The van der Waals surface area contributed by atoms with Crippen LogP contribution in [0.3, 0.4) is 0 Å². The van der Waals surface area contributed by atoms with E-state index in [1.165, 1.54) is 0 Å². The molecule has 12 heavy (non-hydrogen) atoms. The number of carbonyl (C=O) groups excluding carboxylic acids is 2. The third-order valence-electron chi connectivity index (χ3n) is 1.53. The molecule has 1 heterocycles. The third-order valence-corrected chi connectivity index (χ3v) is 1.53. The minimum Gasteiger partial charge on any atom is -0.395 e. The molecule has 1 rings (SSSR count).